The van der Waals surface area contributed by atoms with Gasteiger partial charge in [0.2, 0.25) is 0 Å². The third-order valence-electron chi connectivity index (χ3n) is 2.47. The number of rotatable bonds is 3. The van der Waals surface area contributed by atoms with Crippen LogP contribution < -0.4 is 5.73 Å². The van der Waals surface area contributed by atoms with E-state index >= 15 is 0 Å². The quantitative estimate of drug-likeness (QED) is 0.882. The number of hydrogen-bond acceptors (Lipinski definition) is 3. The lowest BCUT2D eigenvalue weighted by atomic mass is 10.1. The van der Waals surface area contributed by atoms with Crippen molar-refractivity contribution in [2.45, 2.75) is 11.8 Å². The van der Waals surface area contributed by atoms with Gasteiger partial charge in [0.25, 0.3) is 0 Å². The van der Waals surface area contributed by atoms with Crippen molar-refractivity contribution in [1.82, 2.24) is 9.78 Å². The molecule has 1 heterocycles. The Bertz CT molecular complexity index is 519. The van der Waals surface area contributed by atoms with Gasteiger partial charge in [0.15, 0.2) is 0 Å². The predicted octanol–water partition coefficient (Wildman–Crippen LogP) is 3.54. The van der Waals surface area contributed by atoms with Crippen LogP contribution in [0.25, 0.3) is 11.3 Å². The van der Waals surface area contributed by atoms with Crippen LogP contribution in [0.1, 0.15) is 6.92 Å². The molecule has 0 aliphatic carbocycles. The van der Waals surface area contributed by atoms with Gasteiger partial charge in [-0.2, -0.15) is 5.10 Å². The van der Waals surface area contributed by atoms with Crippen molar-refractivity contribution < 1.29 is 0 Å². The Morgan fingerprint density at radius 2 is 2.00 bits per heavy atom. The summed E-state index contributed by atoms with van der Waals surface area (Å²) in [7, 11) is 1.84. The van der Waals surface area contributed by atoms with Gasteiger partial charge in [0, 0.05) is 17.5 Å². The first kappa shape index (κ1) is 12.5. The number of nitrogens with zero attached hydrogens (tertiary/aromatic N) is 2. The monoisotopic (exact) mass is 311 g/mol. The zero-order chi connectivity index (χ0) is 12.4. The molecule has 3 nitrogen and oxygen atoms in total. The van der Waals surface area contributed by atoms with E-state index in [-0.39, 0.29) is 0 Å². The number of benzene rings is 1. The van der Waals surface area contributed by atoms with Crippen LogP contribution in [0, 0.1) is 0 Å². The molecule has 2 N–H and O–H groups in total. The average Bonchev–Trinajstić information content (AvgIpc) is 2.59. The van der Waals surface area contributed by atoms with Crippen LogP contribution in [0.4, 0.5) is 5.82 Å². The first-order chi connectivity index (χ1) is 8.13. The predicted molar refractivity (Wildman–Crippen MR) is 77.2 cm³/mol. The summed E-state index contributed by atoms with van der Waals surface area (Å²) in [5.74, 6) is 1.73. The van der Waals surface area contributed by atoms with E-state index in [1.54, 1.807) is 4.68 Å². The van der Waals surface area contributed by atoms with Crippen molar-refractivity contribution in [3.8, 4) is 11.3 Å². The highest BCUT2D eigenvalue weighted by atomic mass is 79.9. The largest absolute Gasteiger partial charge is 0.383 e. The fourth-order valence-corrected chi connectivity index (χ4v) is 2.80. The molecule has 2 rings (SSSR count). The maximum absolute atomic E-state index is 5.87. The molecule has 0 fully saturated rings. The van der Waals surface area contributed by atoms with E-state index in [4.69, 9.17) is 5.73 Å². The van der Waals surface area contributed by atoms with Gasteiger partial charge < -0.3 is 5.73 Å². The van der Waals surface area contributed by atoms with Crippen LogP contribution in [0.2, 0.25) is 0 Å². The number of hydrogen-bond donors (Lipinski definition) is 1. The highest BCUT2D eigenvalue weighted by molar-refractivity contribution is 9.10. The van der Waals surface area contributed by atoms with Crippen LogP contribution >= 0.6 is 27.7 Å². The number of thioether (sulfide) groups is 1. The van der Waals surface area contributed by atoms with Crippen LogP contribution in [0.5, 0.6) is 0 Å². The molecule has 0 aliphatic heterocycles. The van der Waals surface area contributed by atoms with Gasteiger partial charge in [-0.3, -0.25) is 4.68 Å². The van der Waals surface area contributed by atoms with Gasteiger partial charge >= 0.3 is 0 Å². The molecule has 0 saturated heterocycles. The minimum Gasteiger partial charge on any atom is -0.383 e. The second kappa shape index (κ2) is 5.14. The topological polar surface area (TPSA) is 43.8 Å². The molecule has 0 unspecified atom stereocenters. The molecule has 0 radical (unpaired) electrons. The summed E-state index contributed by atoms with van der Waals surface area (Å²) in [6, 6.07) is 8.37. The summed E-state index contributed by atoms with van der Waals surface area (Å²) in [4.78, 5) is 1.27. The Labute approximate surface area is 114 Å². The zero-order valence-corrected chi connectivity index (χ0v) is 12.2. The lowest BCUT2D eigenvalue weighted by molar-refractivity contribution is 0.782. The number of nitrogens with two attached hydrogens (primary N) is 1. The van der Waals surface area contributed by atoms with E-state index < -0.39 is 0 Å². The molecular weight excluding hydrogens is 298 g/mol. The fraction of sp³-hybridized carbons (Fsp3) is 0.250. The van der Waals surface area contributed by atoms with Crippen molar-refractivity contribution in [2.75, 3.05) is 11.5 Å². The molecule has 5 heteroatoms. The van der Waals surface area contributed by atoms with Gasteiger partial charge in [-0.05, 0) is 33.8 Å². The molecule has 0 aliphatic rings. The molecule has 1 aromatic carbocycles. The highest BCUT2D eigenvalue weighted by Gasteiger charge is 2.12. The van der Waals surface area contributed by atoms with Crippen molar-refractivity contribution in [2.24, 2.45) is 7.05 Å². The highest BCUT2D eigenvalue weighted by Crippen LogP contribution is 2.32. The third kappa shape index (κ3) is 2.50. The number of nitrogen functional groups attached to an aromatic ring is 1. The van der Waals surface area contributed by atoms with Crippen molar-refractivity contribution in [1.29, 1.82) is 0 Å². The molecule has 1 aromatic heterocycles. The standard InChI is InChI=1S/C12H14BrN3S/c1-3-17-9-6-4-8(5-7-9)11-10(13)12(14)16(2)15-11/h4-7H,3,14H2,1-2H3. The van der Waals surface area contributed by atoms with Gasteiger partial charge in [0.05, 0.1) is 4.47 Å². The van der Waals surface area contributed by atoms with Gasteiger partial charge in [-0.25, -0.2) is 0 Å². The molecule has 0 atom stereocenters. The van der Waals surface area contributed by atoms with E-state index in [1.807, 2.05) is 18.8 Å². The average molecular weight is 312 g/mol. The number of anilines is 1. The van der Waals surface area contributed by atoms with Crippen LogP contribution in [0.15, 0.2) is 33.6 Å². The van der Waals surface area contributed by atoms with Crippen molar-refractivity contribution in [3.05, 3.63) is 28.7 Å². The SMILES string of the molecule is CCSc1ccc(-c2nn(C)c(N)c2Br)cc1. The van der Waals surface area contributed by atoms with Crippen LogP contribution in [-0.2, 0) is 7.05 Å². The molecular formula is C12H14BrN3S. The molecule has 0 bridgehead atoms. The van der Waals surface area contributed by atoms with Crippen LogP contribution in [-0.4, -0.2) is 15.5 Å². The van der Waals surface area contributed by atoms with Crippen LogP contribution in [0.3, 0.4) is 0 Å². The first-order valence-electron chi connectivity index (χ1n) is 5.34. The fourth-order valence-electron chi connectivity index (χ4n) is 1.57. The molecule has 2 aromatic rings. The third-order valence-corrected chi connectivity index (χ3v) is 4.15. The van der Waals surface area contributed by atoms with E-state index in [9.17, 15) is 0 Å². The lowest BCUT2D eigenvalue weighted by Gasteiger charge is -2.01. The van der Waals surface area contributed by atoms with E-state index in [2.05, 4.69) is 52.2 Å². The number of aryl methyl sites for hydroxylation is 1. The second-order valence-corrected chi connectivity index (χ2v) is 5.76. The van der Waals surface area contributed by atoms with Crippen molar-refractivity contribution in [3.63, 3.8) is 0 Å². The Hall–Kier alpha value is -0.940. The minimum atomic E-state index is 0.645. The zero-order valence-electron chi connectivity index (χ0n) is 9.77. The first-order valence-corrected chi connectivity index (χ1v) is 7.12. The maximum atomic E-state index is 5.87. The molecule has 0 saturated carbocycles. The number of aromatic nitrogens is 2. The molecule has 0 spiro atoms. The Morgan fingerprint density at radius 3 is 2.47 bits per heavy atom. The summed E-state index contributed by atoms with van der Waals surface area (Å²) >= 11 is 5.30. The summed E-state index contributed by atoms with van der Waals surface area (Å²) in [6.45, 7) is 2.15. The lowest BCUT2D eigenvalue weighted by Crippen LogP contribution is -1.97. The summed E-state index contributed by atoms with van der Waals surface area (Å²) in [6.07, 6.45) is 0. The molecule has 0 amide bonds. The van der Waals surface area contributed by atoms with Gasteiger partial charge in [-0.1, -0.05) is 19.1 Å². The van der Waals surface area contributed by atoms with E-state index in [0.717, 1.165) is 21.5 Å². The second-order valence-electron chi connectivity index (χ2n) is 3.63. The molecule has 17 heavy (non-hydrogen) atoms. The summed E-state index contributed by atoms with van der Waals surface area (Å²) < 4.78 is 2.53. The Morgan fingerprint density at radius 1 is 1.35 bits per heavy atom. The maximum Gasteiger partial charge on any atom is 0.136 e. The van der Waals surface area contributed by atoms with Crippen molar-refractivity contribution >= 4 is 33.5 Å². The van der Waals surface area contributed by atoms with E-state index in [0.29, 0.717) is 5.82 Å². The van der Waals surface area contributed by atoms with Gasteiger partial charge in [0.1, 0.15) is 11.5 Å². The Kier molecular flexibility index (Phi) is 3.79. The number of halogens is 1. The molecule has 90 valence electrons. The minimum absolute atomic E-state index is 0.645. The normalized spacial score (nSPS) is 10.8. The Balaban J connectivity index is 2.36. The smallest absolute Gasteiger partial charge is 0.136 e. The van der Waals surface area contributed by atoms with E-state index in [1.165, 1.54) is 4.90 Å². The van der Waals surface area contributed by atoms with Gasteiger partial charge in [-0.15, -0.1) is 11.8 Å². The summed E-state index contributed by atoms with van der Waals surface area (Å²) in [5.41, 5.74) is 7.83. The summed E-state index contributed by atoms with van der Waals surface area (Å²) in [5, 5.41) is 4.39.